The summed E-state index contributed by atoms with van der Waals surface area (Å²) in [6, 6.07) is 7.55. The largest absolute Gasteiger partial charge is 0.370 e. The molecule has 120 valence electrons. The summed E-state index contributed by atoms with van der Waals surface area (Å²) in [6.07, 6.45) is 2.43. The Bertz CT molecular complexity index is 541. The molecule has 1 atom stereocenters. The molecule has 5 heteroatoms. The number of amides is 1. The number of benzene rings is 1. The van der Waals surface area contributed by atoms with E-state index in [0.717, 1.165) is 18.7 Å². The second-order valence-electron chi connectivity index (χ2n) is 6.06. The average molecular weight is 302 g/mol. The Kier molecular flexibility index (Phi) is 5.81. The summed E-state index contributed by atoms with van der Waals surface area (Å²) < 4.78 is 0. The van der Waals surface area contributed by atoms with Gasteiger partial charge in [0.2, 0.25) is 0 Å². The van der Waals surface area contributed by atoms with E-state index in [9.17, 15) is 4.79 Å². The lowest BCUT2D eigenvalue weighted by molar-refractivity contribution is 0.0954. The van der Waals surface area contributed by atoms with Gasteiger partial charge in [0.05, 0.1) is 6.54 Å². The number of carbonyl (C=O) groups excluding carboxylic acids is 1. The number of rotatable bonds is 4. The molecule has 0 radical (unpaired) electrons. The number of hydrogen-bond acceptors (Lipinski definition) is 2. The van der Waals surface area contributed by atoms with E-state index in [0.29, 0.717) is 30.5 Å². The molecule has 0 saturated carbocycles. The highest BCUT2D eigenvalue weighted by atomic mass is 16.1. The van der Waals surface area contributed by atoms with Crippen molar-refractivity contribution in [2.75, 3.05) is 26.2 Å². The maximum atomic E-state index is 12.0. The zero-order chi connectivity index (χ0) is 15.9. The van der Waals surface area contributed by atoms with Crippen LogP contribution in [-0.4, -0.2) is 42.9 Å². The van der Waals surface area contributed by atoms with Crippen LogP contribution in [0, 0.1) is 12.8 Å². The van der Waals surface area contributed by atoms with Gasteiger partial charge in [-0.2, -0.15) is 0 Å². The fourth-order valence-corrected chi connectivity index (χ4v) is 2.73. The number of nitrogens with one attached hydrogen (secondary N) is 1. The van der Waals surface area contributed by atoms with Gasteiger partial charge in [-0.05, 0) is 37.8 Å². The van der Waals surface area contributed by atoms with Crippen LogP contribution in [0.3, 0.4) is 0 Å². The zero-order valence-corrected chi connectivity index (χ0v) is 13.5. The summed E-state index contributed by atoms with van der Waals surface area (Å²) in [5, 5.41) is 2.87. The highest BCUT2D eigenvalue weighted by molar-refractivity contribution is 5.94. The molecule has 3 N–H and O–H groups in total. The number of guanidine groups is 1. The summed E-state index contributed by atoms with van der Waals surface area (Å²) >= 11 is 0. The van der Waals surface area contributed by atoms with E-state index in [2.05, 4.69) is 22.1 Å². The molecule has 1 aliphatic heterocycles. The second-order valence-corrected chi connectivity index (χ2v) is 6.06. The fourth-order valence-electron chi connectivity index (χ4n) is 2.73. The SMILES string of the molecule is Cc1cccc(C(=O)NCCN=C(N)N2CCCC(C)C2)c1. The molecule has 1 unspecified atom stereocenters. The van der Waals surface area contributed by atoms with Crippen molar-refractivity contribution in [3.8, 4) is 0 Å². The molecule has 1 aromatic carbocycles. The molecule has 0 aliphatic carbocycles. The molecule has 1 aliphatic rings. The fraction of sp³-hybridized carbons (Fsp3) is 0.529. The topological polar surface area (TPSA) is 70.7 Å². The van der Waals surface area contributed by atoms with Gasteiger partial charge in [-0.3, -0.25) is 9.79 Å². The van der Waals surface area contributed by atoms with Crippen molar-refractivity contribution in [2.45, 2.75) is 26.7 Å². The molecule has 0 aromatic heterocycles. The van der Waals surface area contributed by atoms with E-state index in [-0.39, 0.29) is 5.91 Å². The van der Waals surface area contributed by atoms with Crippen LogP contribution in [0.4, 0.5) is 0 Å². The molecule has 22 heavy (non-hydrogen) atoms. The summed E-state index contributed by atoms with van der Waals surface area (Å²) in [5.41, 5.74) is 7.78. The Morgan fingerprint density at radius 1 is 1.50 bits per heavy atom. The third kappa shape index (κ3) is 4.76. The van der Waals surface area contributed by atoms with E-state index in [1.165, 1.54) is 12.8 Å². The molecule has 0 bridgehead atoms. The quantitative estimate of drug-likeness (QED) is 0.506. The van der Waals surface area contributed by atoms with Crippen molar-refractivity contribution < 1.29 is 4.79 Å². The molecule has 1 heterocycles. The summed E-state index contributed by atoms with van der Waals surface area (Å²) in [5.74, 6) is 1.20. The lowest BCUT2D eigenvalue weighted by atomic mass is 10.0. The Morgan fingerprint density at radius 3 is 3.05 bits per heavy atom. The number of nitrogens with two attached hydrogens (primary N) is 1. The predicted molar refractivity (Wildman–Crippen MR) is 90.0 cm³/mol. The minimum atomic E-state index is -0.0657. The van der Waals surface area contributed by atoms with Gasteiger partial charge < -0.3 is 16.0 Å². The number of nitrogens with zero attached hydrogens (tertiary/aromatic N) is 2. The van der Waals surface area contributed by atoms with Crippen molar-refractivity contribution in [1.29, 1.82) is 0 Å². The van der Waals surface area contributed by atoms with E-state index in [1.54, 1.807) is 0 Å². The van der Waals surface area contributed by atoms with Crippen LogP contribution in [-0.2, 0) is 0 Å². The number of carbonyl (C=O) groups is 1. The summed E-state index contributed by atoms with van der Waals surface area (Å²) in [6.45, 7) is 7.17. The van der Waals surface area contributed by atoms with Crippen LogP contribution in [0.1, 0.15) is 35.7 Å². The monoisotopic (exact) mass is 302 g/mol. The number of piperidine rings is 1. The van der Waals surface area contributed by atoms with Gasteiger partial charge in [-0.25, -0.2) is 0 Å². The minimum Gasteiger partial charge on any atom is -0.370 e. The molecule has 1 amide bonds. The second kappa shape index (κ2) is 7.82. The molecule has 5 nitrogen and oxygen atoms in total. The van der Waals surface area contributed by atoms with Crippen molar-refractivity contribution in [2.24, 2.45) is 16.6 Å². The van der Waals surface area contributed by atoms with Crippen molar-refractivity contribution in [3.05, 3.63) is 35.4 Å². The third-order valence-corrected chi connectivity index (χ3v) is 3.93. The number of likely N-dealkylation sites (tertiary alicyclic amines) is 1. The highest BCUT2D eigenvalue weighted by Gasteiger charge is 2.17. The molecule has 2 rings (SSSR count). The summed E-state index contributed by atoms with van der Waals surface area (Å²) in [7, 11) is 0. The number of aliphatic imine (C=N–C) groups is 1. The van der Waals surface area contributed by atoms with Gasteiger partial charge in [-0.1, -0.05) is 24.6 Å². The van der Waals surface area contributed by atoms with Crippen molar-refractivity contribution >= 4 is 11.9 Å². The minimum absolute atomic E-state index is 0.0657. The van der Waals surface area contributed by atoms with Gasteiger partial charge in [0.15, 0.2) is 5.96 Å². The molecule has 1 aromatic rings. The van der Waals surface area contributed by atoms with Gasteiger partial charge in [0.1, 0.15) is 0 Å². The molecule has 1 saturated heterocycles. The van der Waals surface area contributed by atoms with Gasteiger partial charge in [0, 0.05) is 25.2 Å². The Hall–Kier alpha value is -2.04. The smallest absolute Gasteiger partial charge is 0.251 e. The third-order valence-electron chi connectivity index (χ3n) is 3.93. The predicted octanol–water partition coefficient (Wildman–Crippen LogP) is 1.77. The molecule has 0 spiro atoms. The first-order valence-corrected chi connectivity index (χ1v) is 7.96. The van der Waals surface area contributed by atoms with Crippen molar-refractivity contribution in [1.82, 2.24) is 10.2 Å². The van der Waals surface area contributed by atoms with Crippen molar-refractivity contribution in [3.63, 3.8) is 0 Å². The van der Waals surface area contributed by atoms with Crippen LogP contribution in [0.5, 0.6) is 0 Å². The number of hydrogen-bond donors (Lipinski definition) is 2. The zero-order valence-electron chi connectivity index (χ0n) is 13.5. The van der Waals surface area contributed by atoms with Crippen LogP contribution in [0.25, 0.3) is 0 Å². The van der Waals surface area contributed by atoms with Crippen LogP contribution < -0.4 is 11.1 Å². The molecular weight excluding hydrogens is 276 g/mol. The average Bonchev–Trinajstić information content (AvgIpc) is 2.51. The van der Waals surface area contributed by atoms with Crippen LogP contribution in [0.2, 0.25) is 0 Å². The lowest BCUT2D eigenvalue weighted by Crippen LogP contribution is -2.43. The van der Waals surface area contributed by atoms with Gasteiger partial charge in [0.25, 0.3) is 5.91 Å². The van der Waals surface area contributed by atoms with Gasteiger partial charge in [-0.15, -0.1) is 0 Å². The first-order chi connectivity index (χ1) is 10.6. The number of aryl methyl sites for hydroxylation is 1. The molecular formula is C17H26N4O. The van der Waals surface area contributed by atoms with Crippen LogP contribution in [0.15, 0.2) is 29.3 Å². The first-order valence-electron chi connectivity index (χ1n) is 7.96. The van der Waals surface area contributed by atoms with Crippen LogP contribution >= 0.6 is 0 Å². The van der Waals surface area contributed by atoms with Gasteiger partial charge >= 0.3 is 0 Å². The lowest BCUT2D eigenvalue weighted by Gasteiger charge is -2.31. The maximum Gasteiger partial charge on any atom is 0.251 e. The first kappa shape index (κ1) is 16.3. The van der Waals surface area contributed by atoms with E-state index >= 15 is 0 Å². The van der Waals surface area contributed by atoms with E-state index < -0.39 is 0 Å². The maximum absolute atomic E-state index is 12.0. The summed E-state index contributed by atoms with van der Waals surface area (Å²) in [4.78, 5) is 18.5. The van der Waals surface area contributed by atoms with E-state index in [4.69, 9.17) is 5.73 Å². The molecule has 1 fully saturated rings. The highest BCUT2D eigenvalue weighted by Crippen LogP contribution is 2.14. The Morgan fingerprint density at radius 2 is 2.32 bits per heavy atom. The standard InChI is InChI=1S/C17H26N4O/c1-13-5-3-7-15(11-13)16(22)19-8-9-20-17(18)21-10-4-6-14(2)12-21/h3,5,7,11,14H,4,6,8-10,12H2,1-2H3,(H2,18,20)(H,19,22). The van der Waals surface area contributed by atoms with E-state index in [1.807, 2.05) is 31.2 Å². The Balaban J connectivity index is 1.76. The Labute approximate surface area is 132 Å². The normalized spacial score (nSPS) is 19.1.